The van der Waals surface area contributed by atoms with Gasteiger partial charge in [-0.2, -0.15) is 0 Å². The summed E-state index contributed by atoms with van der Waals surface area (Å²) in [7, 11) is 0. The van der Waals surface area contributed by atoms with Crippen molar-refractivity contribution < 1.29 is 0 Å². The predicted octanol–water partition coefficient (Wildman–Crippen LogP) is 5.28. The van der Waals surface area contributed by atoms with Crippen LogP contribution in [-0.4, -0.2) is 9.97 Å². The number of fused-ring (bicyclic) bond motifs is 1. The molecule has 0 aliphatic heterocycles. The van der Waals surface area contributed by atoms with Crippen molar-refractivity contribution >= 4 is 45.4 Å². The Morgan fingerprint density at radius 2 is 1.84 bits per heavy atom. The number of hydrogen-bond acceptors (Lipinski definition) is 3. The number of aromatic nitrogens is 2. The molecule has 0 spiro atoms. The Hall–Kier alpha value is -1.16. The van der Waals surface area contributed by atoms with E-state index in [1.165, 1.54) is 11.3 Å². The molecule has 19 heavy (non-hydrogen) atoms. The van der Waals surface area contributed by atoms with Gasteiger partial charge in [0, 0.05) is 5.39 Å². The van der Waals surface area contributed by atoms with Crippen LogP contribution in [0.2, 0.25) is 9.49 Å². The molecule has 0 N–H and O–H groups in total. The average molecular weight is 309 g/mol. The Labute approximate surface area is 125 Å². The van der Waals surface area contributed by atoms with Crippen LogP contribution in [0.5, 0.6) is 0 Å². The number of benzene rings is 1. The minimum atomic E-state index is 0.483. The van der Waals surface area contributed by atoms with Crippen LogP contribution in [0.25, 0.3) is 21.6 Å². The van der Waals surface area contributed by atoms with Gasteiger partial charge in [-0.1, -0.05) is 34.8 Å². The lowest BCUT2D eigenvalue weighted by molar-refractivity contribution is 1.22. The zero-order valence-corrected chi connectivity index (χ0v) is 12.7. The van der Waals surface area contributed by atoms with Crippen LogP contribution in [0, 0.1) is 13.8 Å². The van der Waals surface area contributed by atoms with E-state index in [9.17, 15) is 0 Å². The van der Waals surface area contributed by atoms with Gasteiger partial charge < -0.3 is 0 Å². The lowest BCUT2D eigenvalue weighted by Crippen LogP contribution is -1.93. The van der Waals surface area contributed by atoms with Gasteiger partial charge in [0.2, 0.25) is 0 Å². The molecular weight excluding hydrogens is 299 g/mol. The molecule has 3 aromatic rings. The van der Waals surface area contributed by atoms with E-state index in [0.29, 0.717) is 11.0 Å². The van der Waals surface area contributed by atoms with E-state index in [-0.39, 0.29) is 0 Å². The van der Waals surface area contributed by atoms with Crippen molar-refractivity contribution in [1.82, 2.24) is 9.97 Å². The number of halogens is 2. The molecule has 2 aromatic heterocycles. The maximum absolute atomic E-state index is 6.28. The van der Waals surface area contributed by atoms with Gasteiger partial charge in [-0.3, -0.25) is 0 Å². The van der Waals surface area contributed by atoms with Crippen molar-refractivity contribution in [2.75, 3.05) is 0 Å². The fraction of sp³-hybridized carbons (Fsp3) is 0.143. The standard InChI is InChI=1S/C14H10Cl2N2S/c1-7-5-8(2)12-9(6-7)13(16)18-14(17-12)10-3-4-11(15)19-10/h3-6H,1-2H3. The SMILES string of the molecule is Cc1cc(C)c2nc(-c3ccc(Cl)s3)nc(Cl)c2c1. The normalized spacial score (nSPS) is 11.2. The van der Waals surface area contributed by atoms with Crippen LogP contribution in [-0.2, 0) is 0 Å². The molecular formula is C14H10Cl2N2S. The highest BCUT2D eigenvalue weighted by molar-refractivity contribution is 7.19. The monoisotopic (exact) mass is 308 g/mol. The summed E-state index contributed by atoms with van der Waals surface area (Å²) in [5.41, 5.74) is 3.15. The highest BCUT2D eigenvalue weighted by Crippen LogP contribution is 2.32. The summed E-state index contributed by atoms with van der Waals surface area (Å²) in [5, 5.41) is 1.38. The highest BCUT2D eigenvalue weighted by atomic mass is 35.5. The zero-order valence-electron chi connectivity index (χ0n) is 10.4. The molecule has 5 heteroatoms. The van der Waals surface area contributed by atoms with Crippen LogP contribution in [0.3, 0.4) is 0 Å². The molecule has 0 amide bonds. The van der Waals surface area contributed by atoms with Gasteiger partial charge in [-0.15, -0.1) is 11.3 Å². The van der Waals surface area contributed by atoms with E-state index in [0.717, 1.165) is 31.2 Å². The minimum absolute atomic E-state index is 0.483. The zero-order chi connectivity index (χ0) is 13.6. The Bertz CT molecular complexity index is 780. The lowest BCUT2D eigenvalue weighted by Gasteiger charge is -2.07. The van der Waals surface area contributed by atoms with Gasteiger partial charge in [0.1, 0.15) is 5.15 Å². The van der Waals surface area contributed by atoms with E-state index in [4.69, 9.17) is 23.2 Å². The van der Waals surface area contributed by atoms with E-state index in [2.05, 4.69) is 16.0 Å². The molecule has 0 radical (unpaired) electrons. The molecule has 0 bridgehead atoms. The van der Waals surface area contributed by atoms with Crippen molar-refractivity contribution in [2.24, 2.45) is 0 Å². The molecule has 2 heterocycles. The van der Waals surface area contributed by atoms with Crippen LogP contribution in [0.4, 0.5) is 0 Å². The third kappa shape index (κ3) is 2.34. The first kappa shape index (κ1) is 12.9. The first-order valence-corrected chi connectivity index (χ1v) is 7.32. The molecule has 1 aromatic carbocycles. The summed E-state index contributed by atoms with van der Waals surface area (Å²) in [6.07, 6.45) is 0. The Kier molecular flexibility index (Phi) is 3.21. The topological polar surface area (TPSA) is 25.8 Å². The second kappa shape index (κ2) is 4.75. The fourth-order valence-electron chi connectivity index (χ4n) is 2.09. The van der Waals surface area contributed by atoms with Gasteiger partial charge in [-0.05, 0) is 37.6 Å². The summed E-state index contributed by atoms with van der Waals surface area (Å²) < 4.78 is 0.718. The maximum atomic E-state index is 6.28. The number of nitrogens with zero attached hydrogens (tertiary/aromatic N) is 2. The Morgan fingerprint density at radius 3 is 2.53 bits per heavy atom. The van der Waals surface area contributed by atoms with Crippen LogP contribution in [0.1, 0.15) is 11.1 Å². The van der Waals surface area contributed by atoms with Crippen LogP contribution >= 0.6 is 34.5 Å². The smallest absolute Gasteiger partial charge is 0.171 e. The Morgan fingerprint density at radius 1 is 1.05 bits per heavy atom. The van der Waals surface area contributed by atoms with E-state index < -0.39 is 0 Å². The van der Waals surface area contributed by atoms with Gasteiger partial charge >= 0.3 is 0 Å². The summed E-state index contributed by atoms with van der Waals surface area (Å²) in [4.78, 5) is 9.91. The van der Waals surface area contributed by atoms with Crippen molar-refractivity contribution in [1.29, 1.82) is 0 Å². The number of thiophene rings is 1. The largest absolute Gasteiger partial charge is 0.227 e. The summed E-state index contributed by atoms with van der Waals surface area (Å²) in [5.74, 6) is 0.626. The third-order valence-electron chi connectivity index (χ3n) is 2.88. The van der Waals surface area contributed by atoms with Crippen LogP contribution < -0.4 is 0 Å². The molecule has 96 valence electrons. The molecule has 0 aliphatic rings. The number of hydrogen-bond donors (Lipinski definition) is 0. The quantitative estimate of drug-likeness (QED) is 0.571. The van der Waals surface area contributed by atoms with E-state index in [1.807, 2.05) is 32.0 Å². The van der Waals surface area contributed by atoms with Crippen LogP contribution in [0.15, 0.2) is 24.3 Å². The van der Waals surface area contributed by atoms with Gasteiger partial charge in [0.05, 0.1) is 14.7 Å². The number of aryl methyl sites for hydroxylation is 2. The minimum Gasteiger partial charge on any atom is -0.227 e. The summed E-state index contributed by atoms with van der Waals surface area (Å²) >= 11 is 13.7. The second-order valence-electron chi connectivity index (χ2n) is 4.42. The van der Waals surface area contributed by atoms with Gasteiger partial charge in [0.15, 0.2) is 5.82 Å². The molecule has 0 atom stereocenters. The first-order valence-electron chi connectivity index (χ1n) is 5.75. The average Bonchev–Trinajstić information content (AvgIpc) is 2.77. The van der Waals surface area contributed by atoms with Crippen molar-refractivity contribution in [3.8, 4) is 10.7 Å². The third-order valence-corrected chi connectivity index (χ3v) is 4.40. The van der Waals surface area contributed by atoms with E-state index in [1.54, 1.807) is 0 Å². The Balaban J connectivity index is 2.30. The molecule has 0 aliphatic carbocycles. The molecule has 2 nitrogen and oxygen atoms in total. The molecule has 3 rings (SSSR count). The lowest BCUT2D eigenvalue weighted by atomic mass is 10.1. The fourth-order valence-corrected chi connectivity index (χ4v) is 3.30. The number of rotatable bonds is 1. The predicted molar refractivity (Wildman–Crippen MR) is 82.3 cm³/mol. The molecule has 0 saturated carbocycles. The molecule has 0 fully saturated rings. The molecule has 0 saturated heterocycles. The first-order chi connectivity index (χ1) is 9.04. The van der Waals surface area contributed by atoms with Crippen molar-refractivity contribution in [3.63, 3.8) is 0 Å². The second-order valence-corrected chi connectivity index (χ2v) is 6.49. The van der Waals surface area contributed by atoms with Gasteiger partial charge in [-0.25, -0.2) is 9.97 Å². The van der Waals surface area contributed by atoms with Gasteiger partial charge in [0.25, 0.3) is 0 Å². The van der Waals surface area contributed by atoms with E-state index >= 15 is 0 Å². The van der Waals surface area contributed by atoms with Crippen molar-refractivity contribution in [2.45, 2.75) is 13.8 Å². The maximum Gasteiger partial charge on any atom is 0.171 e. The molecule has 0 unspecified atom stereocenters. The summed E-state index contributed by atoms with van der Waals surface area (Å²) in [6, 6.07) is 7.85. The van der Waals surface area contributed by atoms with Crippen molar-refractivity contribution in [3.05, 3.63) is 44.9 Å². The highest BCUT2D eigenvalue weighted by Gasteiger charge is 2.11. The summed E-state index contributed by atoms with van der Waals surface area (Å²) in [6.45, 7) is 4.07.